The average molecular weight is 188 g/mol. The Kier molecular flexibility index (Phi) is 1.72. The third-order valence-electron chi connectivity index (χ3n) is 5.07. The number of rotatable bonds is 1. The maximum Gasteiger partial charge on any atom is -0.0111 e. The highest BCUT2D eigenvalue weighted by Crippen LogP contribution is 2.64. The predicted molar refractivity (Wildman–Crippen MR) is 59.9 cm³/mol. The van der Waals surface area contributed by atoms with E-state index in [2.05, 4.69) is 31.7 Å². The van der Waals surface area contributed by atoms with Crippen LogP contribution < -0.4 is 0 Å². The monoisotopic (exact) mass is 188 g/mol. The first-order valence-corrected chi connectivity index (χ1v) is 6.07. The van der Waals surface area contributed by atoms with E-state index in [0.717, 1.165) is 23.7 Å². The quantitative estimate of drug-likeness (QED) is 0.549. The molecule has 0 aliphatic heterocycles. The fraction of sp³-hybridized carbons (Fsp3) is 0.714. The van der Waals surface area contributed by atoms with Crippen LogP contribution in [0.1, 0.15) is 32.6 Å². The zero-order valence-electron chi connectivity index (χ0n) is 9.08. The molecular formula is C14H20. The average Bonchev–Trinajstić information content (AvgIpc) is 2.81. The van der Waals surface area contributed by atoms with Crippen LogP contribution >= 0.6 is 0 Å². The van der Waals surface area contributed by atoms with Gasteiger partial charge in [0.25, 0.3) is 0 Å². The topological polar surface area (TPSA) is 0 Å². The van der Waals surface area contributed by atoms with Gasteiger partial charge < -0.3 is 0 Å². The molecule has 2 saturated carbocycles. The smallest absolute Gasteiger partial charge is 0.0111 e. The molecule has 0 N–H and O–H groups in total. The number of fused-ring (bicyclic) bond motifs is 3. The molecule has 5 atom stereocenters. The van der Waals surface area contributed by atoms with Crippen molar-refractivity contribution in [3.05, 3.63) is 24.8 Å². The van der Waals surface area contributed by atoms with Crippen LogP contribution in [0.15, 0.2) is 24.8 Å². The third kappa shape index (κ3) is 0.898. The van der Waals surface area contributed by atoms with Gasteiger partial charge in [0, 0.05) is 0 Å². The van der Waals surface area contributed by atoms with Crippen molar-refractivity contribution in [1.29, 1.82) is 0 Å². The van der Waals surface area contributed by atoms with Crippen LogP contribution in [0.2, 0.25) is 0 Å². The van der Waals surface area contributed by atoms with Crippen molar-refractivity contribution >= 4 is 0 Å². The van der Waals surface area contributed by atoms with Crippen LogP contribution in [0, 0.1) is 29.1 Å². The predicted octanol–water partition coefficient (Wildman–Crippen LogP) is 3.80. The highest BCUT2D eigenvalue weighted by atomic mass is 14.6. The van der Waals surface area contributed by atoms with Crippen molar-refractivity contribution in [3.8, 4) is 0 Å². The standard InChI is InChI=1S/C14H20/c1-3-13-11-4-5-12(8-11)14(13)7-6-10(2)9-14/h3-5,10-13H,1,6-9H2,2H3. The van der Waals surface area contributed by atoms with Gasteiger partial charge in [0.05, 0.1) is 0 Å². The van der Waals surface area contributed by atoms with Gasteiger partial charge in [-0.25, -0.2) is 0 Å². The van der Waals surface area contributed by atoms with Crippen LogP contribution in [0.4, 0.5) is 0 Å². The van der Waals surface area contributed by atoms with E-state index in [-0.39, 0.29) is 0 Å². The number of hydrogen-bond acceptors (Lipinski definition) is 0. The van der Waals surface area contributed by atoms with Crippen LogP contribution in [-0.4, -0.2) is 0 Å². The summed E-state index contributed by atoms with van der Waals surface area (Å²) in [6.07, 6.45) is 13.0. The first-order chi connectivity index (χ1) is 6.76. The molecule has 0 amide bonds. The second-order valence-electron chi connectivity index (χ2n) is 5.73. The summed E-state index contributed by atoms with van der Waals surface area (Å²) < 4.78 is 0. The highest BCUT2D eigenvalue weighted by Gasteiger charge is 2.56. The van der Waals surface area contributed by atoms with Crippen molar-refractivity contribution in [3.63, 3.8) is 0 Å². The molecule has 0 radical (unpaired) electrons. The fourth-order valence-corrected chi connectivity index (χ4v) is 4.51. The minimum absolute atomic E-state index is 0.639. The zero-order valence-corrected chi connectivity index (χ0v) is 9.08. The van der Waals surface area contributed by atoms with Crippen molar-refractivity contribution in [2.75, 3.05) is 0 Å². The van der Waals surface area contributed by atoms with Gasteiger partial charge in [-0.15, -0.1) is 6.58 Å². The molecule has 2 bridgehead atoms. The maximum atomic E-state index is 4.07. The Labute approximate surface area is 87.1 Å². The molecular weight excluding hydrogens is 168 g/mol. The van der Waals surface area contributed by atoms with E-state index in [1.807, 2.05) is 0 Å². The molecule has 5 unspecified atom stereocenters. The summed E-state index contributed by atoms with van der Waals surface area (Å²) in [6, 6.07) is 0. The van der Waals surface area contributed by atoms with Gasteiger partial charge in [-0.05, 0) is 48.3 Å². The van der Waals surface area contributed by atoms with Crippen LogP contribution in [0.5, 0.6) is 0 Å². The minimum atomic E-state index is 0.639. The van der Waals surface area contributed by atoms with E-state index < -0.39 is 0 Å². The molecule has 0 aromatic rings. The molecule has 2 fully saturated rings. The van der Waals surface area contributed by atoms with Gasteiger partial charge in [-0.1, -0.05) is 31.6 Å². The van der Waals surface area contributed by atoms with Crippen molar-refractivity contribution in [2.45, 2.75) is 32.6 Å². The molecule has 0 heterocycles. The lowest BCUT2D eigenvalue weighted by atomic mass is 9.67. The summed E-state index contributed by atoms with van der Waals surface area (Å²) in [5.74, 6) is 3.47. The summed E-state index contributed by atoms with van der Waals surface area (Å²) in [5, 5.41) is 0. The second-order valence-corrected chi connectivity index (χ2v) is 5.73. The van der Waals surface area contributed by atoms with Crippen LogP contribution in [0.25, 0.3) is 0 Å². The summed E-state index contributed by atoms with van der Waals surface area (Å²) in [6.45, 7) is 6.49. The lowest BCUT2D eigenvalue weighted by Gasteiger charge is -2.37. The Balaban J connectivity index is 1.98. The molecule has 0 nitrogen and oxygen atoms in total. The first-order valence-electron chi connectivity index (χ1n) is 6.07. The summed E-state index contributed by atoms with van der Waals surface area (Å²) in [4.78, 5) is 0. The van der Waals surface area contributed by atoms with Gasteiger partial charge >= 0.3 is 0 Å². The van der Waals surface area contributed by atoms with Crippen molar-refractivity contribution in [1.82, 2.24) is 0 Å². The van der Waals surface area contributed by atoms with Crippen LogP contribution in [-0.2, 0) is 0 Å². The number of allylic oxidation sites excluding steroid dienone is 3. The molecule has 0 aromatic heterocycles. The van der Waals surface area contributed by atoms with Crippen molar-refractivity contribution < 1.29 is 0 Å². The zero-order chi connectivity index (χ0) is 9.76. The van der Waals surface area contributed by atoms with E-state index in [4.69, 9.17) is 0 Å². The Morgan fingerprint density at radius 3 is 2.93 bits per heavy atom. The molecule has 0 saturated heterocycles. The summed E-state index contributed by atoms with van der Waals surface area (Å²) in [7, 11) is 0. The van der Waals surface area contributed by atoms with E-state index in [1.165, 1.54) is 25.7 Å². The first kappa shape index (κ1) is 8.76. The minimum Gasteiger partial charge on any atom is -0.103 e. The fourth-order valence-electron chi connectivity index (χ4n) is 4.51. The van der Waals surface area contributed by atoms with Gasteiger partial charge in [0.15, 0.2) is 0 Å². The Morgan fingerprint density at radius 1 is 1.43 bits per heavy atom. The molecule has 14 heavy (non-hydrogen) atoms. The maximum absolute atomic E-state index is 4.07. The highest BCUT2D eigenvalue weighted by molar-refractivity contribution is 5.23. The largest absolute Gasteiger partial charge is 0.103 e. The summed E-state index contributed by atoms with van der Waals surface area (Å²) in [5.41, 5.74) is 0.639. The Hall–Kier alpha value is -0.520. The Morgan fingerprint density at radius 2 is 2.29 bits per heavy atom. The molecule has 0 aromatic carbocycles. The molecule has 76 valence electrons. The van der Waals surface area contributed by atoms with E-state index in [1.54, 1.807) is 0 Å². The summed E-state index contributed by atoms with van der Waals surface area (Å²) >= 11 is 0. The third-order valence-corrected chi connectivity index (χ3v) is 5.07. The molecule has 3 rings (SSSR count). The lowest BCUT2D eigenvalue weighted by molar-refractivity contribution is 0.175. The van der Waals surface area contributed by atoms with Gasteiger partial charge in [-0.3, -0.25) is 0 Å². The second kappa shape index (κ2) is 2.74. The lowest BCUT2D eigenvalue weighted by Crippen LogP contribution is -2.30. The molecule has 3 aliphatic carbocycles. The van der Waals surface area contributed by atoms with Crippen LogP contribution in [0.3, 0.4) is 0 Å². The van der Waals surface area contributed by atoms with E-state index >= 15 is 0 Å². The van der Waals surface area contributed by atoms with Gasteiger partial charge in [0.1, 0.15) is 0 Å². The van der Waals surface area contributed by atoms with E-state index in [9.17, 15) is 0 Å². The van der Waals surface area contributed by atoms with Gasteiger partial charge in [-0.2, -0.15) is 0 Å². The Bertz CT molecular complexity index is 288. The number of hydrogen-bond donors (Lipinski definition) is 0. The van der Waals surface area contributed by atoms with Gasteiger partial charge in [0.2, 0.25) is 0 Å². The van der Waals surface area contributed by atoms with E-state index in [0.29, 0.717) is 5.41 Å². The molecule has 0 heteroatoms. The molecule has 3 aliphatic rings. The molecule has 1 spiro atoms. The van der Waals surface area contributed by atoms with Crippen molar-refractivity contribution in [2.24, 2.45) is 29.1 Å². The SMILES string of the molecule is C=CC1C2C=CC(C2)C12CCC(C)C2. The normalized spacial score (nSPS) is 54.6.